The largest absolute Gasteiger partial charge is 0.353 e. The summed E-state index contributed by atoms with van der Waals surface area (Å²) in [6.45, 7) is 6.84. The molecule has 1 aliphatic heterocycles. The Morgan fingerprint density at radius 3 is 2.71 bits per heavy atom. The van der Waals surface area contributed by atoms with Crippen molar-refractivity contribution in [1.82, 2.24) is 10.2 Å². The molecule has 1 fully saturated rings. The van der Waals surface area contributed by atoms with Crippen LogP contribution in [0.25, 0.3) is 0 Å². The van der Waals surface area contributed by atoms with E-state index in [9.17, 15) is 9.59 Å². The number of rotatable bonds is 4. The maximum atomic E-state index is 10.8. The lowest BCUT2D eigenvalue weighted by Gasteiger charge is -2.24. The third-order valence-corrected chi connectivity index (χ3v) is 3.91. The van der Waals surface area contributed by atoms with Crippen molar-refractivity contribution in [3.8, 4) is 0 Å². The molecule has 2 amide bonds. The molecule has 14 heavy (non-hydrogen) atoms. The van der Waals surface area contributed by atoms with E-state index >= 15 is 0 Å². The molecule has 0 bridgehead atoms. The highest BCUT2D eigenvalue weighted by Crippen LogP contribution is 2.39. The van der Waals surface area contributed by atoms with E-state index in [-0.39, 0.29) is 16.2 Å². The summed E-state index contributed by atoms with van der Waals surface area (Å²) in [5, 5.41) is 2.74. The van der Waals surface area contributed by atoms with Gasteiger partial charge in [-0.3, -0.25) is 9.59 Å². The van der Waals surface area contributed by atoms with E-state index in [0.717, 1.165) is 13.0 Å². The molecule has 0 aromatic rings. The van der Waals surface area contributed by atoms with Gasteiger partial charge in [0.15, 0.2) is 0 Å². The van der Waals surface area contributed by atoms with Crippen LogP contribution in [-0.4, -0.2) is 40.4 Å². The monoisotopic (exact) mass is 216 g/mol. The Kier molecular flexibility index (Phi) is 3.42. The van der Waals surface area contributed by atoms with Gasteiger partial charge in [-0.2, -0.15) is 0 Å². The Bertz CT molecular complexity index is 233. The van der Waals surface area contributed by atoms with Crippen molar-refractivity contribution in [2.75, 3.05) is 6.54 Å². The summed E-state index contributed by atoms with van der Waals surface area (Å²) in [5.74, 6) is 0. The predicted molar refractivity (Wildman–Crippen MR) is 56.9 cm³/mol. The summed E-state index contributed by atoms with van der Waals surface area (Å²) >= 11 is 1.72. The standard InChI is InChI=1S/C9H16N2O2S/c1-7(10-5-12)8-11(6-13)4-9(2,3)14-8/h5-8H,4H2,1-3H3,(H,10,12). The van der Waals surface area contributed by atoms with Crippen LogP contribution in [0.3, 0.4) is 0 Å². The highest BCUT2D eigenvalue weighted by Gasteiger charge is 2.40. The number of amides is 2. The summed E-state index contributed by atoms with van der Waals surface area (Å²) in [6, 6.07) is -0.00975. The van der Waals surface area contributed by atoms with Crippen LogP contribution in [0.15, 0.2) is 0 Å². The lowest BCUT2D eigenvalue weighted by atomic mass is 10.2. The summed E-state index contributed by atoms with van der Waals surface area (Å²) in [4.78, 5) is 22.9. The van der Waals surface area contributed by atoms with Crippen LogP contribution in [-0.2, 0) is 9.59 Å². The lowest BCUT2D eigenvalue weighted by molar-refractivity contribution is -0.119. The summed E-state index contributed by atoms with van der Waals surface area (Å²) < 4.78 is 0.0738. The first-order valence-corrected chi connectivity index (χ1v) is 5.47. The fourth-order valence-corrected chi connectivity index (χ4v) is 3.06. The minimum absolute atomic E-state index is 0.00975. The zero-order chi connectivity index (χ0) is 10.8. The molecule has 1 saturated heterocycles. The minimum Gasteiger partial charge on any atom is -0.353 e. The maximum Gasteiger partial charge on any atom is 0.210 e. The van der Waals surface area contributed by atoms with E-state index in [1.54, 1.807) is 16.7 Å². The molecule has 0 aromatic heterocycles. The summed E-state index contributed by atoms with van der Waals surface area (Å²) in [7, 11) is 0. The zero-order valence-electron chi connectivity index (χ0n) is 8.69. The molecule has 1 aliphatic rings. The van der Waals surface area contributed by atoms with Crippen LogP contribution < -0.4 is 5.32 Å². The molecule has 1 N–H and O–H groups in total. The quantitative estimate of drug-likeness (QED) is 0.693. The van der Waals surface area contributed by atoms with Crippen LogP contribution in [0, 0.1) is 0 Å². The molecule has 0 spiro atoms. The van der Waals surface area contributed by atoms with Gasteiger partial charge in [-0.25, -0.2) is 0 Å². The average Bonchev–Trinajstić information content (AvgIpc) is 2.41. The van der Waals surface area contributed by atoms with E-state index in [2.05, 4.69) is 19.2 Å². The molecule has 0 aromatic carbocycles. The normalized spacial score (nSPS) is 27.1. The topological polar surface area (TPSA) is 49.4 Å². The number of nitrogens with one attached hydrogen (secondary N) is 1. The Labute approximate surface area is 88.4 Å². The summed E-state index contributed by atoms with van der Waals surface area (Å²) in [5.41, 5.74) is 0. The number of hydrogen-bond donors (Lipinski definition) is 1. The molecule has 1 heterocycles. The third-order valence-electron chi connectivity index (χ3n) is 2.22. The van der Waals surface area contributed by atoms with Gasteiger partial charge in [0.1, 0.15) is 0 Å². The van der Waals surface area contributed by atoms with Gasteiger partial charge in [-0.05, 0) is 20.8 Å². The maximum absolute atomic E-state index is 10.8. The molecule has 0 saturated carbocycles. The Balaban J connectivity index is 2.67. The second-order valence-corrected chi connectivity index (χ2v) is 5.94. The first kappa shape index (κ1) is 11.4. The predicted octanol–water partition coefficient (Wildman–Crippen LogP) is 0.431. The van der Waals surface area contributed by atoms with Gasteiger partial charge in [0, 0.05) is 11.3 Å². The molecular weight excluding hydrogens is 200 g/mol. The van der Waals surface area contributed by atoms with Crippen molar-refractivity contribution < 1.29 is 9.59 Å². The average molecular weight is 216 g/mol. The van der Waals surface area contributed by atoms with Gasteiger partial charge < -0.3 is 10.2 Å². The fraction of sp³-hybridized carbons (Fsp3) is 0.778. The van der Waals surface area contributed by atoms with Crippen molar-refractivity contribution in [3.63, 3.8) is 0 Å². The zero-order valence-corrected chi connectivity index (χ0v) is 9.50. The molecule has 2 atom stereocenters. The highest BCUT2D eigenvalue weighted by atomic mass is 32.2. The van der Waals surface area contributed by atoms with Gasteiger partial charge in [-0.1, -0.05) is 0 Å². The number of carbonyl (C=O) groups excluding carboxylic acids is 2. The van der Waals surface area contributed by atoms with Crippen LogP contribution in [0.2, 0.25) is 0 Å². The van der Waals surface area contributed by atoms with Gasteiger partial charge in [0.05, 0.1) is 11.4 Å². The molecule has 5 heteroatoms. The molecule has 4 nitrogen and oxygen atoms in total. The van der Waals surface area contributed by atoms with E-state index in [0.29, 0.717) is 6.41 Å². The molecule has 1 rings (SSSR count). The first-order valence-electron chi connectivity index (χ1n) is 4.59. The van der Waals surface area contributed by atoms with E-state index in [1.165, 1.54) is 0 Å². The number of nitrogens with zero attached hydrogens (tertiary/aromatic N) is 1. The second-order valence-electron chi connectivity index (χ2n) is 4.12. The number of carbonyl (C=O) groups is 2. The fourth-order valence-electron chi connectivity index (χ4n) is 1.64. The Morgan fingerprint density at radius 2 is 2.21 bits per heavy atom. The van der Waals surface area contributed by atoms with Crippen LogP contribution in [0.4, 0.5) is 0 Å². The van der Waals surface area contributed by atoms with Crippen LogP contribution >= 0.6 is 11.8 Å². The van der Waals surface area contributed by atoms with Gasteiger partial charge in [-0.15, -0.1) is 11.8 Å². The molecule has 0 radical (unpaired) electrons. The van der Waals surface area contributed by atoms with E-state index in [4.69, 9.17) is 0 Å². The van der Waals surface area contributed by atoms with Crippen LogP contribution in [0.5, 0.6) is 0 Å². The summed E-state index contributed by atoms with van der Waals surface area (Å²) in [6.07, 6.45) is 1.54. The van der Waals surface area contributed by atoms with Crippen molar-refractivity contribution in [2.45, 2.75) is 36.9 Å². The van der Waals surface area contributed by atoms with E-state index < -0.39 is 0 Å². The van der Waals surface area contributed by atoms with Gasteiger partial charge in [0.25, 0.3) is 0 Å². The second kappa shape index (κ2) is 4.21. The van der Waals surface area contributed by atoms with Crippen molar-refractivity contribution in [3.05, 3.63) is 0 Å². The Morgan fingerprint density at radius 1 is 1.57 bits per heavy atom. The van der Waals surface area contributed by atoms with E-state index in [1.807, 2.05) is 6.92 Å². The molecule has 2 unspecified atom stereocenters. The third kappa shape index (κ3) is 2.41. The van der Waals surface area contributed by atoms with Gasteiger partial charge in [0.2, 0.25) is 12.8 Å². The van der Waals surface area contributed by atoms with Crippen molar-refractivity contribution in [1.29, 1.82) is 0 Å². The smallest absolute Gasteiger partial charge is 0.210 e. The van der Waals surface area contributed by atoms with Crippen molar-refractivity contribution >= 4 is 24.6 Å². The van der Waals surface area contributed by atoms with Gasteiger partial charge >= 0.3 is 0 Å². The highest BCUT2D eigenvalue weighted by molar-refractivity contribution is 8.01. The molecule has 0 aliphatic carbocycles. The minimum atomic E-state index is -0.00975. The molecular formula is C9H16N2O2S. The van der Waals surface area contributed by atoms with Crippen LogP contribution in [0.1, 0.15) is 20.8 Å². The number of thioether (sulfide) groups is 1. The SMILES string of the molecule is CC(NC=O)C1SC(C)(C)CN1C=O. The molecule has 80 valence electrons. The first-order chi connectivity index (χ1) is 6.50. The van der Waals surface area contributed by atoms with Crippen molar-refractivity contribution in [2.24, 2.45) is 0 Å². The number of hydrogen-bond acceptors (Lipinski definition) is 3. The lowest BCUT2D eigenvalue weighted by Crippen LogP contribution is -2.42. The Hall–Kier alpha value is -0.710.